The lowest BCUT2D eigenvalue weighted by molar-refractivity contribution is -0.117. The Labute approximate surface area is 117 Å². The fourth-order valence-electron chi connectivity index (χ4n) is 2.25. The van der Waals surface area contributed by atoms with Crippen LogP contribution in [0.3, 0.4) is 0 Å². The van der Waals surface area contributed by atoms with Gasteiger partial charge in [0, 0.05) is 17.5 Å². The van der Waals surface area contributed by atoms with E-state index < -0.39 is 0 Å². The highest BCUT2D eigenvalue weighted by Gasteiger charge is 2.31. The maximum atomic E-state index is 11.6. The van der Waals surface area contributed by atoms with Gasteiger partial charge in [0.15, 0.2) is 5.96 Å². The van der Waals surface area contributed by atoms with E-state index in [1.807, 2.05) is 19.9 Å². The van der Waals surface area contributed by atoms with Gasteiger partial charge in [-0.05, 0) is 23.8 Å². The largest absolute Gasteiger partial charge is 0.370 e. The zero-order chi connectivity index (χ0) is 14.9. The van der Waals surface area contributed by atoms with Gasteiger partial charge in [0.1, 0.15) is 0 Å². The van der Waals surface area contributed by atoms with E-state index >= 15 is 0 Å². The van der Waals surface area contributed by atoms with Crippen molar-refractivity contribution in [3.8, 4) is 0 Å². The molecule has 0 spiro atoms. The minimum atomic E-state index is -0.256. The number of carbonyl (C=O) groups excluding carboxylic acids is 1. The first-order chi connectivity index (χ1) is 9.28. The highest BCUT2D eigenvalue weighted by atomic mass is 16.1. The van der Waals surface area contributed by atoms with Crippen molar-refractivity contribution in [3.05, 3.63) is 23.8 Å². The van der Waals surface area contributed by atoms with Gasteiger partial charge in [-0.1, -0.05) is 13.8 Å². The first kappa shape index (κ1) is 13.9. The fourth-order valence-corrected chi connectivity index (χ4v) is 2.25. The molecule has 2 rings (SSSR count). The summed E-state index contributed by atoms with van der Waals surface area (Å²) < 4.78 is 0. The Hall–Kier alpha value is -2.57. The van der Waals surface area contributed by atoms with E-state index in [9.17, 15) is 4.79 Å². The Morgan fingerprint density at radius 1 is 1.30 bits per heavy atom. The quantitative estimate of drug-likeness (QED) is 0.439. The van der Waals surface area contributed by atoms with Gasteiger partial charge in [-0.25, -0.2) is 4.99 Å². The summed E-state index contributed by atoms with van der Waals surface area (Å²) in [6.45, 7) is 4.02. The first-order valence-electron chi connectivity index (χ1n) is 6.16. The second-order valence-corrected chi connectivity index (χ2v) is 5.35. The number of hydrogen-bond donors (Lipinski definition) is 4. The molecule has 0 saturated carbocycles. The predicted molar refractivity (Wildman–Crippen MR) is 79.8 cm³/mol. The summed E-state index contributed by atoms with van der Waals surface area (Å²) in [4.78, 5) is 19.4. The molecule has 7 heteroatoms. The van der Waals surface area contributed by atoms with Crippen molar-refractivity contribution in [2.24, 2.45) is 27.2 Å². The third kappa shape index (κ3) is 2.87. The number of benzene rings is 1. The number of nitrogens with one attached hydrogen (secondary N) is 1. The summed E-state index contributed by atoms with van der Waals surface area (Å²) in [5.74, 6) is -0.141. The first-order valence-corrected chi connectivity index (χ1v) is 6.16. The molecule has 1 aromatic rings. The highest BCUT2D eigenvalue weighted by molar-refractivity contribution is 5.96. The van der Waals surface area contributed by atoms with E-state index in [0.717, 1.165) is 11.3 Å². The molecule has 1 aliphatic rings. The Morgan fingerprint density at radius 3 is 2.65 bits per heavy atom. The average Bonchev–Trinajstić information content (AvgIpc) is 2.27. The van der Waals surface area contributed by atoms with Gasteiger partial charge in [0.2, 0.25) is 11.9 Å². The van der Waals surface area contributed by atoms with Crippen LogP contribution in [0.5, 0.6) is 0 Å². The molecule has 7 N–H and O–H groups in total. The molecule has 106 valence electrons. The van der Waals surface area contributed by atoms with Crippen LogP contribution in [0.4, 0.5) is 11.4 Å². The summed E-state index contributed by atoms with van der Waals surface area (Å²) in [6, 6.07) is 5.43. The third-order valence-electron chi connectivity index (χ3n) is 3.10. The van der Waals surface area contributed by atoms with Crippen LogP contribution in [-0.2, 0) is 10.2 Å². The SMILES string of the molecule is CC1(C)CC(=O)Nc2ccc(N=C(N)N=C(N)N)cc21. The highest BCUT2D eigenvalue weighted by Crippen LogP contribution is 2.38. The number of rotatable bonds is 1. The molecule has 1 aromatic carbocycles. The predicted octanol–water partition coefficient (Wildman–Crippen LogP) is 0.526. The molecule has 0 bridgehead atoms. The van der Waals surface area contributed by atoms with Gasteiger partial charge in [0.05, 0.1) is 5.69 Å². The smallest absolute Gasteiger partial charge is 0.225 e. The zero-order valence-corrected chi connectivity index (χ0v) is 11.5. The summed E-state index contributed by atoms with van der Waals surface area (Å²) >= 11 is 0. The van der Waals surface area contributed by atoms with Crippen LogP contribution in [-0.4, -0.2) is 17.8 Å². The van der Waals surface area contributed by atoms with E-state index in [2.05, 4.69) is 15.3 Å². The summed E-state index contributed by atoms with van der Waals surface area (Å²) in [5, 5.41) is 2.84. The van der Waals surface area contributed by atoms with E-state index in [1.165, 1.54) is 0 Å². The van der Waals surface area contributed by atoms with Crippen LogP contribution >= 0.6 is 0 Å². The van der Waals surface area contributed by atoms with E-state index in [4.69, 9.17) is 17.2 Å². The molecule has 0 fully saturated rings. The molecular formula is C13H18N6O. The number of fused-ring (bicyclic) bond motifs is 1. The Kier molecular flexibility index (Phi) is 3.35. The van der Waals surface area contributed by atoms with Crippen molar-refractivity contribution >= 4 is 29.2 Å². The number of hydrogen-bond acceptors (Lipinski definition) is 2. The third-order valence-corrected chi connectivity index (χ3v) is 3.10. The molecule has 7 nitrogen and oxygen atoms in total. The van der Waals surface area contributed by atoms with Crippen LogP contribution in [0.1, 0.15) is 25.8 Å². The minimum absolute atomic E-state index is 0.0115. The average molecular weight is 274 g/mol. The maximum absolute atomic E-state index is 11.6. The normalized spacial score (nSPS) is 17.1. The van der Waals surface area contributed by atoms with Crippen LogP contribution in [0.25, 0.3) is 0 Å². The molecule has 0 saturated heterocycles. The lowest BCUT2D eigenvalue weighted by atomic mass is 9.78. The van der Waals surface area contributed by atoms with Crippen molar-refractivity contribution in [3.63, 3.8) is 0 Å². The van der Waals surface area contributed by atoms with Gasteiger partial charge in [-0.3, -0.25) is 4.79 Å². The zero-order valence-electron chi connectivity index (χ0n) is 11.5. The molecule has 0 atom stereocenters. The van der Waals surface area contributed by atoms with E-state index in [0.29, 0.717) is 12.1 Å². The Bertz CT molecular complexity index is 613. The van der Waals surface area contributed by atoms with Gasteiger partial charge in [-0.2, -0.15) is 4.99 Å². The second-order valence-electron chi connectivity index (χ2n) is 5.35. The van der Waals surface area contributed by atoms with Gasteiger partial charge in [-0.15, -0.1) is 0 Å². The van der Waals surface area contributed by atoms with Crippen molar-refractivity contribution in [2.75, 3.05) is 5.32 Å². The van der Waals surface area contributed by atoms with Crippen molar-refractivity contribution in [1.29, 1.82) is 0 Å². The number of aliphatic imine (C=N–C) groups is 2. The van der Waals surface area contributed by atoms with Gasteiger partial charge in [0.25, 0.3) is 0 Å². The van der Waals surface area contributed by atoms with E-state index in [-0.39, 0.29) is 23.2 Å². The Balaban J connectivity index is 2.42. The molecule has 1 heterocycles. The van der Waals surface area contributed by atoms with E-state index in [1.54, 1.807) is 12.1 Å². The fraction of sp³-hybridized carbons (Fsp3) is 0.308. The van der Waals surface area contributed by atoms with Crippen LogP contribution in [0, 0.1) is 0 Å². The monoisotopic (exact) mass is 274 g/mol. The van der Waals surface area contributed by atoms with Crippen LogP contribution < -0.4 is 22.5 Å². The van der Waals surface area contributed by atoms with Crippen molar-refractivity contribution in [1.82, 2.24) is 0 Å². The number of carbonyl (C=O) groups is 1. The van der Waals surface area contributed by atoms with Gasteiger partial charge < -0.3 is 22.5 Å². The number of anilines is 1. The van der Waals surface area contributed by atoms with Crippen LogP contribution in [0.15, 0.2) is 28.2 Å². The van der Waals surface area contributed by atoms with Gasteiger partial charge >= 0.3 is 0 Å². The molecule has 0 aromatic heterocycles. The number of nitrogens with two attached hydrogens (primary N) is 3. The molecule has 0 aliphatic carbocycles. The number of nitrogens with zero attached hydrogens (tertiary/aromatic N) is 2. The van der Waals surface area contributed by atoms with Crippen molar-refractivity contribution in [2.45, 2.75) is 25.7 Å². The Morgan fingerprint density at radius 2 is 2.00 bits per heavy atom. The molecular weight excluding hydrogens is 256 g/mol. The lowest BCUT2D eigenvalue weighted by Crippen LogP contribution is -2.32. The van der Waals surface area contributed by atoms with Crippen molar-refractivity contribution < 1.29 is 4.79 Å². The topological polar surface area (TPSA) is 132 Å². The number of amides is 1. The molecule has 1 amide bonds. The summed E-state index contributed by atoms with van der Waals surface area (Å²) in [6.07, 6.45) is 0.427. The maximum Gasteiger partial charge on any atom is 0.225 e. The lowest BCUT2D eigenvalue weighted by Gasteiger charge is -2.32. The summed E-state index contributed by atoms with van der Waals surface area (Å²) in [7, 11) is 0. The number of guanidine groups is 2. The summed E-state index contributed by atoms with van der Waals surface area (Å²) in [5.41, 5.74) is 18.3. The standard InChI is InChI=1S/C13H18N6O/c1-13(2)6-10(20)18-9-4-3-7(5-8(9)13)17-12(16)19-11(14)15/h3-5H,6H2,1-2H3,(H,18,20)(H6,14,15,16,17,19). The molecule has 0 radical (unpaired) electrons. The van der Waals surface area contributed by atoms with Crippen LogP contribution in [0.2, 0.25) is 0 Å². The molecule has 20 heavy (non-hydrogen) atoms. The molecule has 1 aliphatic heterocycles. The second kappa shape index (κ2) is 4.84. The minimum Gasteiger partial charge on any atom is -0.370 e. The molecule has 0 unspecified atom stereocenters.